The number of hydrogen-bond acceptors (Lipinski definition) is 3. The van der Waals surface area contributed by atoms with Crippen LogP contribution in [0.15, 0.2) is 22.7 Å². The molecule has 0 saturated heterocycles. The number of nitrogens with two attached hydrogens (primary N) is 1. The average molecular weight is 315 g/mol. The average Bonchev–Trinajstić information content (AvgIpc) is 2.29. The third-order valence-electron chi connectivity index (χ3n) is 3.01. The molecule has 3 nitrogen and oxygen atoms in total. The Morgan fingerprint density at radius 1 is 1.39 bits per heavy atom. The molecular formula is C14H23BrN2O. The van der Waals surface area contributed by atoms with Crippen LogP contribution in [0.5, 0.6) is 0 Å². The molecule has 0 aromatic heterocycles. The summed E-state index contributed by atoms with van der Waals surface area (Å²) in [6, 6.07) is 6.01. The van der Waals surface area contributed by atoms with Crippen LogP contribution in [0, 0.1) is 5.41 Å². The molecule has 0 aliphatic rings. The van der Waals surface area contributed by atoms with Gasteiger partial charge in [-0.1, -0.05) is 35.8 Å². The highest BCUT2D eigenvalue weighted by molar-refractivity contribution is 9.10. The van der Waals surface area contributed by atoms with Gasteiger partial charge in [-0.05, 0) is 29.5 Å². The third kappa shape index (κ3) is 5.38. The van der Waals surface area contributed by atoms with E-state index in [1.165, 1.54) is 0 Å². The van der Waals surface area contributed by atoms with E-state index in [1.54, 1.807) is 7.11 Å². The third-order valence-corrected chi connectivity index (χ3v) is 3.50. The first-order valence-corrected chi connectivity index (χ1v) is 6.97. The van der Waals surface area contributed by atoms with Crippen LogP contribution in [-0.4, -0.2) is 20.3 Å². The first-order valence-electron chi connectivity index (χ1n) is 6.18. The van der Waals surface area contributed by atoms with Crippen molar-refractivity contribution >= 4 is 21.6 Å². The molecule has 1 aromatic carbocycles. The van der Waals surface area contributed by atoms with E-state index < -0.39 is 0 Å². The number of hydrogen-bond donors (Lipinski definition) is 2. The molecule has 18 heavy (non-hydrogen) atoms. The molecule has 0 spiro atoms. The molecular weight excluding hydrogens is 292 g/mol. The molecule has 0 aliphatic carbocycles. The molecule has 1 rings (SSSR count). The predicted octanol–water partition coefficient (Wildman–Crippen LogP) is 3.18. The zero-order valence-corrected chi connectivity index (χ0v) is 13.0. The normalized spacial score (nSPS) is 11.8. The Morgan fingerprint density at radius 3 is 2.72 bits per heavy atom. The van der Waals surface area contributed by atoms with Crippen LogP contribution in [-0.2, 0) is 11.3 Å². The van der Waals surface area contributed by atoms with Gasteiger partial charge in [0.1, 0.15) is 0 Å². The Bertz CT molecular complexity index is 380. The minimum atomic E-state index is 0.236. The number of nitrogens with one attached hydrogen (secondary N) is 1. The first kappa shape index (κ1) is 15.5. The summed E-state index contributed by atoms with van der Waals surface area (Å²) < 4.78 is 6.14. The monoisotopic (exact) mass is 314 g/mol. The van der Waals surface area contributed by atoms with E-state index in [4.69, 9.17) is 10.5 Å². The number of benzene rings is 1. The van der Waals surface area contributed by atoms with Gasteiger partial charge in [0.15, 0.2) is 0 Å². The highest BCUT2D eigenvalue weighted by Crippen LogP contribution is 2.21. The Balaban J connectivity index is 2.41. The van der Waals surface area contributed by atoms with Crippen molar-refractivity contribution in [1.82, 2.24) is 5.32 Å². The van der Waals surface area contributed by atoms with Crippen molar-refractivity contribution in [2.24, 2.45) is 5.41 Å². The van der Waals surface area contributed by atoms with Crippen molar-refractivity contribution < 1.29 is 4.74 Å². The zero-order chi connectivity index (χ0) is 13.6. The van der Waals surface area contributed by atoms with E-state index in [2.05, 4.69) is 41.2 Å². The lowest BCUT2D eigenvalue weighted by molar-refractivity contribution is 0.150. The number of methoxy groups -OCH3 is 1. The van der Waals surface area contributed by atoms with Crippen molar-refractivity contribution in [1.29, 1.82) is 0 Å². The first-order chi connectivity index (χ1) is 8.44. The molecule has 0 amide bonds. The molecule has 4 heteroatoms. The maximum atomic E-state index is 5.96. The van der Waals surface area contributed by atoms with Gasteiger partial charge in [0.05, 0.1) is 0 Å². The summed E-state index contributed by atoms with van der Waals surface area (Å²) in [7, 11) is 1.74. The number of nitrogen functional groups attached to an aromatic ring is 1. The van der Waals surface area contributed by atoms with Crippen LogP contribution >= 0.6 is 15.9 Å². The van der Waals surface area contributed by atoms with Gasteiger partial charge < -0.3 is 15.8 Å². The van der Waals surface area contributed by atoms with E-state index in [0.717, 1.165) is 41.8 Å². The standard InChI is InChI=1S/C14H23BrN2O/c1-14(2,6-7-18-3)10-17-9-11-4-5-12(15)8-13(11)16/h4-5,8,17H,6-7,9-10,16H2,1-3H3. The van der Waals surface area contributed by atoms with Crippen molar-refractivity contribution in [2.45, 2.75) is 26.8 Å². The van der Waals surface area contributed by atoms with Gasteiger partial charge in [-0.25, -0.2) is 0 Å². The smallest absolute Gasteiger partial charge is 0.0467 e. The van der Waals surface area contributed by atoms with Gasteiger partial charge in [0.25, 0.3) is 0 Å². The quantitative estimate of drug-likeness (QED) is 0.760. The highest BCUT2D eigenvalue weighted by atomic mass is 79.9. The number of halogens is 1. The van der Waals surface area contributed by atoms with Gasteiger partial charge in [0, 0.05) is 37.0 Å². The van der Waals surface area contributed by atoms with Crippen LogP contribution in [0.4, 0.5) is 5.69 Å². The lowest BCUT2D eigenvalue weighted by Gasteiger charge is -2.24. The fourth-order valence-electron chi connectivity index (χ4n) is 1.73. The second-order valence-corrected chi connectivity index (χ2v) is 6.27. The molecule has 0 radical (unpaired) electrons. The fourth-order valence-corrected chi connectivity index (χ4v) is 2.11. The summed E-state index contributed by atoms with van der Waals surface area (Å²) >= 11 is 3.41. The fraction of sp³-hybridized carbons (Fsp3) is 0.571. The van der Waals surface area contributed by atoms with Gasteiger partial charge in [-0.15, -0.1) is 0 Å². The van der Waals surface area contributed by atoms with Crippen molar-refractivity contribution in [3.63, 3.8) is 0 Å². The molecule has 0 bridgehead atoms. The molecule has 102 valence electrons. The second-order valence-electron chi connectivity index (χ2n) is 5.35. The molecule has 0 heterocycles. The molecule has 3 N–H and O–H groups in total. The van der Waals surface area contributed by atoms with E-state index >= 15 is 0 Å². The molecule has 0 fully saturated rings. The topological polar surface area (TPSA) is 47.3 Å². The number of ether oxygens (including phenoxy) is 1. The van der Waals surface area contributed by atoms with Crippen LogP contribution in [0.3, 0.4) is 0 Å². The number of anilines is 1. The summed E-state index contributed by atoms with van der Waals surface area (Å²) in [5.74, 6) is 0. The lowest BCUT2D eigenvalue weighted by atomic mass is 9.89. The maximum absolute atomic E-state index is 5.96. The Hall–Kier alpha value is -0.580. The van der Waals surface area contributed by atoms with E-state index in [1.807, 2.05) is 12.1 Å². The van der Waals surface area contributed by atoms with Crippen LogP contribution in [0.25, 0.3) is 0 Å². The lowest BCUT2D eigenvalue weighted by Crippen LogP contribution is -2.30. The van der Waals surface area contributed by atoms with Crippen LogP contribution < -0.4 is 11.1 Å². The van der Waals surface area contributed by atoms with Crippen molar-refractivity contribution in [2.75, 3.05) is 26.0 Å². The summed E-state index contributed by atoms with van der Waals surface area (Å²) in [4.78, 5) is 0. The van der Waals surface area contributed by atoms with Gasteiger partial charge >= 0.3 is 0 Å². The van der Waals surface area contributed by atoms with Gasteiger partial charge in [-0.2, -0.15) is 0 Å². The van der Waals surface area contributed by atoms with Crippen LogP contribution in [0.2, 0.25) is 0 Å². The molecule has 0 unspecified atom stereocenters. The Kier molecular flexibility index (Phi) is 6.12. The Labute approximate surface area is 118 Å². The summed E-state index contributed by atoms with van der Waals surface area (Å²) in [6.07, 6.45) is 1.05. The highest BCUT2D eigenvalue weighted by Gasteiger charge is 2.16. The zero-order valence-electron chi connectivity index (χ0n) is 11.4. The largest absolute Gasteiger partial charge is 0.398 e. The summed E-state index contributed by atoms with van der Waals surface area (Å²) in [5, 5.41) is 3.46. The SMILES string of the molecule is COCCC(C)(C)CNCc1ccc(Br)cc1N. The predicted molar refractivity (Wildman–Crippen MR) is 80.5 cm³/mol. The number of rotatable bonds is 7. The van der Waals surface area contributed by atoms with Crippen LogP contribution in [0.1, 0.15) is 25.8 Å². The minimum Gasteiger partial charge on any atom is -0.398 e. The maximum Gasteiger partial charge on any atom is 0.0467 e. The second kappa shape index (κ2) is 7.12. The van der Waals surface area contributed by atoms with E-state index in [0.29, 0.717) is 0 Å². The van der Waals surface area contributed by atoms with Crippen molar-refractivity contribution in [3.8, 4) is 0 Å². The minimum absolute atomic E-state index is 0.236. The summed E-state index contributed by atoms with van der Waals surface area (Å²) in [5.41, 5.74) is 8.16. The van der Waals surface area contributed by atoms with Crippen molar-refractivity contribution in [3.05, 3.63) is 28.2 Å². The molecule has 0 atom stereocenters. The summed E-state index contributed by atoms with van der Waals surface area (Å²) in [6.45, 7) is 7.03. The van der Waals surface area contributed by atoms with E-state index in [-0.39, 0.29) is 5.41 Å². The molecule has 0 saturated carbocycles. The Morgan fingerprint density at radius 2 is 2.11 bits per heavy atom. The molecule has 1 aromatic rings. The van der Waals surface area contributed by atoms with Gasteiger partial charge in [0.2, 0.25) is 0 Å². The van der Waals surface area contributed by atoms with Gasteiger partial charge in [-0.3, -0.25) is 0 Å². The molecule has 0 aliphatic heterocycles. The van der Waals surface area contributed by atoms with E-state index in [9.17, 15) is 0 Å².